The van der Waals surface area contributed by atoms with Gasteiger partial charge in [-0.05, 0) is 42.3 Å². The fourth-order valence-corrected chi connectivity index (χ4v) is 3.00. The summed E-state index contributed by atoms with van der Waals surface area (Å²) in [6.45, 7) is 0. The van der Waals surface area contributed by atoms with Crippen LogP contribution in [-0.4, -0.2) is 25.5 Å². The number of fused-ring (bicyclic) bond motifs is 1. The molecule has 3 aromatic heterocycles. The van der Waals surface area contributed by atoms with Gasteiger partial charge in [0.05, 0.1) is 23.5 Å². The smallest absolute Gasteiger partial charge is 0.360 e. The van der Waals surface area contributed by atoms with E-state index in [9.17, 15) is 18.0 Å². The number of carbonyl (C=O) groups excluding carboxylic acids is 1. The van der Waals surface area contributed by atoms with Gasteiger partial charge in [-0.1, -0.05) is 5.92 Å². The number of benzene rings is 1. The van der Waals surface area contributed by atoms with Gasteiger partial charge in [0.15, 0.2) is 5.65 Å². The van der Waals surface area contributed by atoms with E-state index in [1.165, 1.54) is 30.7 Å². The number of nitrogens with one attached hydrogen (secondary N) is 3. The molecule has 174 valence electrons. The minimum atomic E-state index is -4.63. The van der Waals surface area contributed by atoms with Crippen molar-refractivity contribution in [2.75, 3.05) is 10.6 Å². The molecule has 0 unspecified atom stereocenters. The first kappa shape index (κ1) is 23.1. The van der Waals surface area contributed by atoms with Crippen molar-refractivity contribution >= 4 is 22.9 Å². The Kier molecular flexibility index (Phi) is 6.50. The van der Waals surface area contributed by atoms with Crippen LogP contribution in [0.1, 0.15) is 27.2 Å². The first-order valence-corrected chi connectivity index (χ1v) is 9.91. The first-order valence-electron chi connectivity index (χ1n) is 9.91. The second kappa shape index (κ2) is 9.84. The zero-order valence-electron chi connectivity index (χ0n) is 17.7. The normalized spacial score (nSPS) is 11.2. The van der Waals surface area contributed by atoms with Gasteiger partial charge in [-0.25, -0.2) is 15.0 Å². The van der Waals surface area contributed by atoms with E-state index in [2.05, 4.69) is 42.7 Å². The molecule has 3 heterocycles. The van der Waals surface area contributed by atoms with E-state index >= 15 is 0 Å². The molecule has 0 bridgehead atoms. The summed E-state index contributed by atoms with van der Waals surface area (Å²) in [6, 6.07) is 8.00. The molecule has 0 radical (unpaired) electrons. The van der Waals surface area contributed by atoms with E-state index in [1.807, 2.05) is 0 Å². The van der Waals surface area contributed by atoms with Crippen molar-refractivity contribution in [3.63, 3.8) is 0 Å². The van der Waals surface area contributed by atoms with Gasteiger partial charge in [0.25, 0.3) is 5.91 Å². The summed E-state index contributed by atoms with van der Waals surface area (Å²) in [5.41, 5.74) is 7.38. The summed E-state index contributed by atoms with van der Waals surface area (Å²) in [6.07, 6.45) is 3.51. The fourth-order valence-electron chi connectivity index (χ4n) is 3.00. The van der Waals surface area contributed by atoms with E-state index in [0.29, 0.717) is 16.9 Å². The van der Waals surface area contributed by atoms with Crippen LogP contribution in [0.4, 0.5) is 24.5 Å². The minimum absolute atomic E-state index is 0.0504. The van der Waals surface area contributed by atoms with Crippen LogP contribution in [0.3, 0.4) is 0 Å². The molecule has 4 aromatic rings. The Morgan fingerprint density at radius 3 is 2.74 bits per heavy atom. The number of imidazole rings is 1. The molecule has 0 spiro atoms. The molecule has 3 N–H and O–H groups in total. The monoisotopic (exact) mass is 476 g/mol. The SMILES string of the molecule is N=N/C=C\Nc1cc(NC(=O)c2cncc(C#Cc3cnc4cccnn34)c2)cc(C(F)(F)F)c1. The lowest BCUT2D eigenvalue weighted by Crippen LogP contribution is -2.14. The van der Waals surface area contributed by atoms with Gasteiger partial charge in [-0.2, -0.15) is 23.4 Å². The van der Waals surface area contributed by atoms with Crippen LogP contribution in [0, 0.1) is 17.4 Å². The number of aromatic nitrogens is 4. The van der Waals surface area contributed by atoms with Crippen LogP contribution in [0.2, 0.25) is 0 Å². The highest BCUT2D eigenvalue weighted by molar-refractivity contribution is 6.04. The number of hydrogen-bond acceptors (Lipinski definition) is 7. The molecule has 0 saturated carbocycles. The topological polar surface area (TPSA) is 120 Å². The molecule has 0 aliphatic heterocycles. The molecule has 9 nitrogen and oxygen atoms in total. The molecule has 0 fully saturated rings. The van der Waals surface area contributed by atoms with Crippen LogP contribution >= 0.6 is 0 Å². The second-order valence-electron chi connectivity index (χ2n) is 6.99. The lowest BCUT2D eigenvalue weighted by Gasteiger charge is -2.13. The quantitative estimate of drug-likeness (QED) is 0.285. The van der Waals surface area contributed by atoms with E-state index in [-0.39, 0.29) is 16.9 Å². The number of hydrogen-bond donors (Lipinski definition) is 3. The molecule has 4 rings (SSSR count). The van der Waals surface area contributed by atoms with E-state index in [1.54, 1.807) is 29.0 Å². The summed E-state index contributed by atoms with van der Waals surface area (Å²) < 4.78 is 41.5. The number of pyridine rings is 1. The van der Waals surface area contributed by atoms with Gasteiger partial charge in [-0.3, -0.25) is 9.78 Å². The largest absolute Gasteiger partial charge is 0.416 e. The number of nitrogens with zero attached hydrogens (tertiary/aromatic N) is 5. The Morgan fingerprint density at radius 2 is 1.94 bits per heavy atom. The molecule has 12 heteroatoms. The zero-order chi connectivity index (χ0) is 24.8. The van der Waals surface area contributed by atoms with Crippen molar-refractivity contribution in [2.45, 2.75) is 6.18 Å². The van der Waals surface area contributed by atoms with Gasteiger partial charge in [0, 0.05) is 41.7 Å². The lowest BCUT2D eigenvalue weighted by atomic mass is 10.1. The molecular weight excluding hydrogens is 461 g/mol. The highest BCUT2D eigenvalue weighted by Gasteiger charge is 2.31. The van der Waals surface area contributed by atoms with Gasteiger partial charge in [0.2, 0.25) is 0 Å². The zero-order valence-corrected chi connectivity index (χ0v) is 17.7. The third-order valence-electron chi connectivity index (χ3n) is 4.53. The number of halogens is 3. The van der Waals surface area contributed by atoms with E-state index in [0.717, 1.165) is 18.3 Å². The van der Waals surface area contributed by atoms with Crippen molar-refractivity contribution in [1.29, 1.82) is 5.53 Å². The van der Waals surface area contributed by atoms with Crippen molar-refractivity contribution in [3.05, 3.63) is 96.0 Å². The summed E-state index contributed by atoms with van der Waals surface area (Å²) in [5, 5.41) is 12.2. The maximum atomic E-state index is 13.3. The molecule has 35 heavy (non-hydrogen) atoms. The molecule has 1 amide bonds. The maximum Gasteiger partial charge on any atom is 0.416 e. The van der Waals surface area contributed by atoms with Crippen LogP contribution in [0.5, 0.6) is 0 Å². The highest BCUT2D eigenvalue weighted by atomic mass is 19.4. The van der Waals surface area contributed by atoms with Crippen LogP contribution in [-0.2, 0) is 6.18 Å². The maximum absolute atomic E-state index is 13.3. The van der Waals surface area contributed by atoms with Crippen molar-refractivity contribution in [2.24, 2.45) is 5.11 Å². The van der Waals surface area contributed by atoms with Gasteiger partial charge in [0.1, 0.15) is 5.69 Å². The number of rotatable bonds is 5. The van der Waals surface area contributed by atoms with Crippen LogP contribution < -0.4 is 10.6 Å². The molecule has 0 aliphatic rings. The summed E-state index contributed by atoms with van der Waals surface area (Å²) in [4.78, 5) is 20.9. The van der Waals surface area contributed by atoms with Crippen LogP contribution in [0.25, 0.3) is 5.65 Å². The van der Waals surface area contributed by atoms with Gasteiger partial charge in [-0.15, -0.1) is 0 Å². The summed E-state index contributed by atoms with van der Waals surface area (Å²) in [5.74, 6) is 5.13. The molecule has 0 aliphatic carbocycles. The third kappa shape index (κ3) is 5.66. The number of amides is 1. The minimum Gasteiger partial charge on any atom is -0.360 e. The Hall–Kier alpha value is -5.05. The number of alkyl halides is 3. The molecular formula is C23H15F3N8O. The third-order valence-corrected chi connectivity index (χ3v) is 4.53. The Morgan fingerprint density at radius 1 is 1.11 bits per heavy atom. The molecule has 0 saturated heterocycles. The second-order valence-corrected chi connectivity index (χ2v) is 6.99. The molecule has 1 aromatic carbocycles. The average Bonchev–Trinajstić information content (AvgIpc) is 3.25. The first-order chi connectivity index (χ1) is 16.8. The average molecular weight is 476 g/mol. The number of carbonyl (C=O) groups is 1. The predicted octanol–water partition coefficient (Wildman–Crippen LogP) is 4.71. The Labute approximate surface area is 196 Å². The van der Waals surface area contributed by atoms with Crippen molar-refractivity contribution < 1.29 is 18.0 Å². The number of anilines is 2. The highest BCUT2D eigenvalue weighted by Crippen LogP contribution is 2.33. The van der Waals surface area contributed by atoms with Crippen molar-refractivity contribution in [1.82, 2.24) is 19.6 Å². The van der Waals surface area contributed by atoms with Crippen LogP contribution in [0.15, 0.2) is 78.7 Å². The summed E-state index contributed by atoms with van der Waals surface area (Å²) >= 11 is 0. The Bertz CT molecular complexity index is 1500. The lowest BCUT2D eigenvalue weighted by molar-refractivity contribution is -0.137. The standard InChI is InChI=1S/C23H15F3N8O/c24-23(25,26)17-9-18(29-6-7-31-27)11-19(10-17)33-22(35)16-8-15(12-28-13-16)3-4-20-14-30-21-2-1-5-32-34(20)21/h1-2,5-14,27,29H,(H,33,35)/b7-6-,31-27?. The summed E-state index contributed by atoms with van der Waals surface area (Å²) in [7, 11) is 0. The van der Waals surface area contributed by atoms with E-state index in [4.69, 9.17) is 5.53 Å². The molecule has 0 atom stereocenters. The fraction of sp³-hybridized carbons (Fsp3) is 0.0435. The predicted molar refractivity (Wildman–Crippen MR) is 121 cm³/mol. The van der Waals surface area contributed by atoms with Crippen molar-refractivity contribution in [3.8, 4) is 11.8 Å². The van der Waals surface area contributed by atoms with Gasteiger partial charge < -0.3 is 10.6 Å². The van der Waals surface area contributed by atoms with E-state index < -0.39 is 17.6 Å². The Balaban J connectivity index is 1.57. The van der Waals surface area contributed by atoms with Gasteiger partial charge >= 0.3 is 6.18 Å².